The normalized spacial score (nSPS) is 24.0. The lowest BCUT2D eigenvalue weighted by molar-refractivity contribution is -0.220. The van der Waals surface area contributed by atoms with Crippen molar-refractivity contribution in [2.75, 3.05) is 6.61 Å². The summed E-state index contributed by atoms with van der Waals surface area (Å²) in [6.07, 6.45) is 22.2. The van der Waals surface area contributed by atoms with Crippen LogP contribution < -0.4 is 5.32 Å². The number of nitrogens with one attached hydrogen (secondary N) is 1. The molecular weight excluding hydrogens is 765 g/mol. The average molecular weight is 850 g/mol. The molecule has 1 aliphatic rings. The highest BCUT2D eigenvalue weighted by atomic mass is 31.2. The van der Waals surface area contributed by atoms with Crippen molar-refractivity contribution in [2.45, 2.75) is 242 Å². The molecule has 0 aromatic heterocycles. The van der Waals surface area contributed by atoms with E-state index in [1.165, 1.54) is 83.5 Å². The molecule has 0 aliphatic heterocycles. The van der Waals surface area contributed by atoms with Gasteiger partial charge in [-0.25, -0.2) is 4.57 Å². The van der Waals surface area contributed by atoms with E-state index in [2.05, 4.69) is 43.5 Å². The lowest BCUT2D eigenvalue weighted by Gasteiger charge is -2.41. The van der Waals surface area contributed by atoms with Crippen LogP contribution in [0.4, 0.5) is 0 Å². The number of hydrogen-bond donors (Lipinski definition) is 9. The van der Waals surface area contributed by atoms with Gasteiger partial charge in [-0.3, -0.25) is 13.8 Å². The number of carbonyl (C=O) groups is 1. The minimum absolute atomic E-state index is 0.235. The van der Waals surface area contributed by atoms with Crippen molar-refractivity contribution in [1.29, 1.82) is 0 Å². The smallest absolute Gasteiger partial charge is 0.393 e. The van der Waals surface area contributed by atoms with Gasteiger partial charge in [0.2, 0.25) is 5.91 Å². The molecule has 0 aromatic carbocycles. The molecule has 14 heteroatoms. The van der Waals surface area contributed by atoms with Crippen molar-refractivity contribution < 1.29 is 59.0 Å². The van der Waals surface area contributed by atoms with Gasteiger partial charge < -0.3 is 46.0 Å². The number of aliphatic hydroxyl groups excluding tert-OH is 7. The highest BCUT2D eigenvalue weighted by Crippen LogP contribution is 2.47. The quantitative estimate of drug-likeness (QED) is 0.0172. The first-order chi connectivity index (χ1) is 27.8. The molecule has 1 saturated carbocycles. The van der Waals surface area contributed by atoms with Gasteiger partial charge >= 0.3 is 7.82 Å². The molecule has 0 radical (unpaired) electrons. The standard InChI is InChI=1S/C44H84NO12P/c1-3-5-7-9-11-13-15-17-18-20-22-24-26-28-30-32-37(47)36(34-56-58(54,55)57-44-42(52)40(50)39(49)41(51)43(44)53)45-38(48)33-35(46)31-29-27-25-23-21-19-16-14-12-10-8-6-4-2/h12,14,16,19,35-37,39-44,46-47,49-53H,3-11,13,15,17-18,20-34H2,1-2H3,(H,45,48)(H,54,55)/b14-12-,19-16-. The first kappa shape index (κ1) is 54.8. The Balaban J connectivity index is 2.56. The maximum absolute atomic E-state index is 13.0. The number of phosphoric ester groups is 1. The molecular formula is C44H84NO12P. The molecule has 342 valence electrons. The molecule has 8 unspecified atom stereocenters. The third-order valence-electron chi connectivity index (χ3n) is 11.1. The van der Waals surface area contributed by atoms with Gasteiger partial charge in [0.1, 0.15) is 36.6 Å². The van der Waals surface area contributed by atoms with Gasteiger partial charge in [-0.2, -0.15) is 0 Å². The van der Waals surface area contributed by atoms with E-state index in [0.29, 0.717) is 12.8 Å². The Morgan fingerprint density at radius 2 is 1.00 bits per heavy atom. The second-order valence-electron chi connectivity index (χ2n) is 16.5. The lowest BCUT2D eigenvalue weighted by atomic mass is 9.85. The predicted molar refractivity (Wildman–Crippen MR) is 229 cm³/mol. The molecule has 58 heavy (non-hydrogen) atoms. The van der Waals surface area contributed by atoms with Crippen LogP contribution in [-0.4, -0.2) is 108 Å². The molecule has 9 N–H and O–H groups in total. The minimum atomic E-state index is -5.12. The van der Waals surface area contributed by atoms with Gasteiger partial charge in [-0.1, -0.05) is 167 Å². The number of hydrogen-bond acceptors (Lipinski definition) is 11. The number of amides is 1. The molecule has 1 amide bonds. The zero-order chi connectivity index (χ0) is 43.0. The van der Waals surface area contributed by atoms with Crippen LogP contribution in [0.2, 0.25) is 0 Å². The molecule has 0 saturated heterocycles. The number of unbranched alkanes of at least 4 members (excludes halogenated alkanes) is 21. The molecule has 0 heterocycles. The minimum Gasteiger partial charge on any atom is -0.393 e. The molecule has 1 aliphatic carbocycles. The summed E-state index contributed by atoms with van der Waals surface area (Å²) in [7, 11) is -5.12. The summed E-state index contributed by atoms with van der Waals surface area (Å²) in [5.41, 5.74) is 0. The molecule has 8 atom stereocenters. The number of allylic oxidation sites excluding steroid dienone is 4. The Labute approximate surface area is 350 Å². The van der Waals surface area contributed by atoms with Crippen LogP contribution in [-0.2, 0) is 18.4 Å². The monoisotopic (exact) mass is 850 g/mol. The summed E-state index contributed by atoms with van der Waals surface area (Å²) >= 11 is 0. The van der Waals surface area contributed by atoms with E-state index in [4.69, 9.17) is 9.05 Å². The first-order valence-electron chi connectivity index (χ1n) is 22.9. The third kappa shape index (κ3) is 26.2. The van der Waals surface area contributed by atoms with Crippen molar-refractivity contribution in [2.24, 2.45) is 0 Å². The number of phosphoric acid groups is 1. The third-order valence-corrected chi connectivity index (χ3v) is 12.1. The predicted octanol–water partition coefficient (Wildman–Crippen LogP) is 7.20. The number of rotatable bonds is 37. The largest absolute Gasteiger partial charge is 0.472 e. The van der Waals surface area contributed by atoms with Crippen LogP contribution in [0.3, 0.4) is 0 Å². The second kappa shape index (κ2) is 34.4. The van der Waals surface area contributed by atoms with Crippen LogP contribution >= 0.6 is 7.82 Å². The SMILES string of the molecule is CCCCC/C=C\C=C/CCCCCCC(O)CC(=O)NC(COP(=O)(O)OC1C(O)C(O)C(O)C(O)C1O)C(O)CCCCCCCCCCCCCCCCC. The topological polar surface area (TPSA) is 226 Å². The van der Waals surface area contributed by atoms with Gasteiger partial charge in [-0.05, 0) is 38.5 Å². The molecule has 0 spiro atoms. The Morgan fingerprint density at radius 1 is 0.603 bits per heavy atom. The van der Waals surface area contributed by atoms with Crippen LogP contribution in [0.25, 0.3) is 0 Å². The van der Waals surface area contributed by atoms with Gasteiger partial charge in [0.15, 0.2) is 0 Å². The van der Waals surface area contributed by atoms with E-state index < -0.39 is 75.2 Å². The highest BCUT2D eigenvalue weighted by molar-refractivity contribution is 7.47. The van der Waals surface area contributed by atoms with Crippen molar-refractivity contribution >= 4 is 13.7 Å². The first-order valence-corrected chi connectivity index (χ1v) is 24.4. The molecule has 1 rings (SSSR count). The van der Waals surface area contributed by atoms with E-state index in [0.717, 1.165) is 64.2 Å². The second-order valence-corrected chi connectivity index (χ2v) is 17.9. The number of aliphatic hydroxyl groups is 7. The van der Waals surface area contributed by atoms with Gasteiger partial charge in [0, 0.05) is 0 Å². The van der Waals surface area contributed by atoms with E-state index in [1.807, 2.05) is 0 Å². The molecule has 0 bridgehead atoms. The fraction of sp³-hybridized carbons (Fsp3) is 0.886. The Bertz CT molecular complexity index is 1100. The van der Waals surface area contributed by atoms with Crippen molar-refractivity contribution in [1.82, 2.24) is 5.32 Å². The van der Waals surface area contributed by atoms with E-state index in [-0.39, 0.29) is 12.8 Å². The van der Waals surface area contributed by atoms with Crippen LogP contribution in [0.5, 0.6) is 0 Å². The summed E-state index contributed by atoms with van der Waals surface area (Å²) in [6, 6.07) is -1.16. The summed E-state index contributed by atoms with van der Waals surface area (Å²) in [5.74, 6) is -0.573. The molecule has 1 fully saturated rings. The van der Waals surface area contributed by atoms with Crippen molar-refractivity contribution in [3.63, 3.8) is 0 Å². The fourth-order valence-electron chi connectivity index (χ4n) is 7.29. The Morgan fingerprint density at radius 3 is 1.50 bits per heavy atom. The zero-order valence-corrected chi connectivity index (χ0v) is 36.9. The summed E-state index contributed by atoms with van der Waals surface area (Å²) < 4.78 is 22.9. The highest BCUT2D eigenvalue weighted by Gasteiger charge is 2.51. The van der Waals surface area contributed by atoms with Gasteiger partial charge in [0.25, 0.3) is 0 Å². The summed E-state index contributed by atoms with van der Waals surface area (Å²) in [5, 5.41) is 74.5. The van der Waals surface area contributed by atoms with Crippen molar-refractivity contribution in [3.05, 3.63) is 24.3 Å². The van der Waals surface area contributed by atoms with Crippen LogP contribution in [0, 0.1) is 0 Å². The Hall–Kier alpha value is -1.22. The molecule has 0 aromatic rings. The van der Waals surface area contributed by atoms with E-state index in [1.54, 1.807) is 0 Å². The van der Waals surface area contributed by atoms with Crippen LogP contribution in [0.1, 0.15) is 187 Å². The summed E-state index contributed by atoms with van der Waals surface area (Å²) in [6.45, 7) is 3.74. The van der Waals surface area contributed by atoms with E-state index >= 15 is 0 Å². The maximum Gasteiger partial charge on any atom is 0.472 e. The van der Waals surface area contributed by atoms with E-state index in [9.17, 15) is 50.0 Å². The van der Waals surface area contributed by atoms with Gasteiger partial charge in [0.05, 0.1) is 31.3 Å². The maximum atomic E-state index is 13.0. The summed E-state index contributed by atoms with van der Waals surface area (Å²) in [4.78, 5) is 23.4. The van der Waals surface area contributed by atoms with Crippen molar-refractivity contribution in [3.8, 4) is 0 Å². The molecule has 13 nitrogen and oxygen atoms in total. The average Bonchev–Trinajstić information content (AvgIpc) is 3.19. The van der Waals surface area contributed by atoms with Gasteiger partial charge in [-0.15, -0.1) is 0 Å². The lowest BCUT2D eigenvalue weighted by Crippen LogP contribution is -2.64. The zero-order valence-electron chi connectivity index (χ0n) is 36.0. The number of carbonyl (C=O) groups excluding carboxylic acids is 1. The van der Waals surface area contributed by atoms with Crippen LogP contribution in [0.15, 0.2) is 24.3 Å². The fourth-order valence-corrected chi connectivity index (χ4v) is 8.26. The Kier molecular flexibility index (Phi) is 32.5.